The van der Waals surface area contributed by atoms with E-state index < -0.39 is 0 Å². The molecule has 0 fully saturated rings. The van der Waals surface area contributed by atoms with Crippen molar-refractivity contribution < 1.29 is 0 Å². The van der Waals surface area contributed by atoms with Crippen molar-refractivity contribution in [2.75, 3.05) is 0 Å². The van der Waals surface area contributed by atoms with E-state index in [1.807, 2.05) is 66.7 Å². The highest BCUT2D eigenvalue weighted by atomic mass is 35.5. The first kappa shape index (κ1) is 17.1. The van der Waals surface area contributed by atoms with Crippen LogP contribution in [0.5, 0.6) is 0 Å². The van der Waals surface area contributed by atoms with Crippen LogP contribution in [0.1, 0.15) is 22.6 Å². The van der Waals surface area contributed by atoms with Crippen LogP contribution in [-0.2, 0) is 0 Å². The van der Waals surface area contributed by atoms with Gasteiger partial charge in [0.05, 0.1) is 0 Å². The average molecular weight is 374 g/mol. The van der Waals surface area contributed by atoms with Gasteiger partial charge in [-0.05, 0) is 41.0 Å². The predicted octanol–water partition coefficient (Wildman–Crippen LogP) is 7.41. The van der Waals surface area contributed by atoms with E-state index >= 15 is 0 Å². The zero-order chi connectivity index (χ0) is 16.9. The van der Waals surface area contributed by atoms with Crippen LogP contribution in [0.25, 0.3) is 5.03 Å². The van der Waals surface area contributed by atoms with E-state index in [2.05, 4.69) is 18.2 Å². The van der Waals surface area contributed by atoms with Gasteiger partial charge in [0.25, 0.3) is 0 Å². The summed E-state index contributed by atoms with van der Waals surface area (Å²) in [4.78, 5) is 0. The molecule has 0 nitrogen and oxygen atoms in total. The van der Waals surface area contributed by atoms with Gasteiger partial charge in [-0.1, -0.05) is 95.5 Å². The van der Waals surface area contributed by atoms with Crippen molar-refractivity contribution in [1.29, 1.82) is 0 Å². The summed E-state index contributed by atoms with van der Waals surface area (Å²) < 4.78 is 0. The first-order chi connectivity index (χ1) is 11.6. The molecule has 1 atom stereocenters. The van der Waals surface area contributed by atoms with E-state index in [1.54, 1.807) is 0 Å². The molecule has 0 heterocycles. The summed E-state index contributed by atoms with van der Waals surface area (Å²) in [5.41, 5.74) is 3.25. The minimum absolute atomic E-state index is 0.0478. The van der Waals surface area contributed by atoms with Crippen LogP contribution in [0, 0.1) is 0 Å². The summed E-state index contributed by atoms with van der Waals surface area (Å²) in [5.74, 6) is 0.0478. The maximum absolute atomic E-state index is 6.58. The quantitative estimate of drug-likeness (QED) is 0.446. The number of hydrogen-bond donors (Lipinski definition) is 0. The standard InChI is InChI=1S/C21H15Cl3/c22-18-10-6-16(7-11-18)20(15-4-2-1-3-5-15)14-21(24)17-8-12-19(23)13-9-17/h1-14,20H/b21-14+. The van der Waals surface area contributed by atoms with Crippen LogP contribution in [0.3, 0.4) is 0 Å². The molecule has 1 unspecified atom stereocenters. The van der Waals surface area contributed by atoms with E-state index in [1.165, 1.54) is 5.56 Å². The molecule has 3 aromatic rings. The molecule has 0 radical (unpaired) electrons. The zero-order valence-electron chi connectivity index (χ0n) is 12.8. The van der Waals surface area contributed by atoms with Gasteiger partial charge in [0, 0.05) is 21.0 Å². The van der Waals surface area contributed by atoms with Crippen LogP contribution in [-0.4, -0.2) is 0 Å². The fourth-order valence-electron chi connectivity index (χ4n) is 2.57. The van der Waals surface area contributed by atoms with Crippen molar-refractivity contribution in [3.63, 3.8) is 0 Å². The van der Waals surface area contributed by atoms with Crippen molar-refractivity contribution in [2.24, 2.45) is 0 Å². The molecular weight excluding hydrogens is 359 g/mol. The molecule has 3 aromatic carbocycles. The second kappa shape index (κ2) is 7.90. The monoisotopic (exact) mass is 372 g/mol. The molecular formula is C21H15Cl3. The zero-order valence-corrected chi connectivity index (χ0v) is 15.1. The maximum Gasteiger partial charge on any atom is 0.0448 e. The molecule has 0 aromatic heterocycles. The van der Waals surface area contributed by atoms with Crippen molar-refractivity contribution in [2.45, 2.75) is 5.92 Å². The maximum atomic E-state index is 6.58. The SMILES string of the molecule is Cl/C(=C/C(c1ccccc1)c1ccc(Cl)cc1)c1ccc(Cl)cc1. The molecule has 0 aliphatic carbocycles. The van der Waals surface area contributed by atoms with Crippen LogP contribution in [0.2, 0.25) is 10.0 Å². The van der Waals surface area contributed by atoms with Crippen LogP contribution >= 0.6 is 34.8 Å². The summed E-state index contributed by atoms with van der Waals surface area (Å²) in [6.45, 7) is 0. The molecule has 3 heteroatoms. The van der Waals surface area contributed by atoms with Gasteiger partial charge in [0.2, 0.25) is 0 Å². The van der Waals surface area contributed by atoms with Crippen LogP contribution in [0.4, 0.5) is 0 Å². The fraction of sp³-hybridized carbons (Fsp3) is 0.0476. The second-order valence-corrected chi connectivity index (χ2v) is 6.74. The van der Waals surface area contributed by atoms with Gasteiger partial charge in [0.15, 0.2) is 0 Å². The Bertz CT molecular complexity index is 819. The number of halogens is 3. The molecule has 0 aliphatic rings. The van der Waals surface area contributed by atoms with Gasteiger partial charge in [-0.3, -0.25) is 0 Å². The lowest BCUT2D eigenvalue weighted by Crippen LogP contribution is -1.98. The van der Waals surface area contributed by atoms with E-state index in [0.29, 0.717) is 10.1 Å². The Hall–Kier alpha value is -1.73. The first-order valence-corrected chi connectivity index (χ1v) is 8.70. The molecule has 120 valence electrons. The van der Waals surface area contributed by atoms with Crippen molar-refractivity contribution in [3.8, 4) is 0 Å². The lowest BCUT2D eigenvalue weighted by molar-refractivity contribution is 1.03. The van der Waals surface area contributed by atoms with Gasteiger partial charge in [-0.15, -0.1) is 0 Å². The highest BCUT2D eigenvalue weighted by Gasteiger charge is 2.13. The second-order valence-electron chi connectivity index (χ2n) is 5.46. The average Bonchev–Trinajstić information content (AvgIpc) is 2.62. The molecule has 0 bridgehead atoms. The summed E-state index contributed by atoms with van der Waals surface area (Å²) in [6.07, 6.45) is 2.06. The van der Waals surface area contributed by atoms with Crippen molar-refractivity contribution in [1.82, 2.24) is 0 Å². The Morgan fingerprint density at radius 3 is 1.75 bits per heavy atom. The van der Waals surface area contributed by atoms with E-state index in [4.69, 9.17) is 34.8 Å². The molecule has 0 saturated heterocycles. The molecule has 0 amide bonds. The Morgan fingerprint density at radius 2 is 1.17 bits per heavy atom. The minimum Gasteiger partial charge on any atom is -0.0843 e. The summed E-state index contributed by atoms with van der Waals surface area (Å²) in [5, 5.41) is 2.11. The minimum atomic E-state index is 0.0478. The first-order valence-electron chi connectivity index (χ1n) is 7.57. The highest BCUT2D eigenvalue weighted by Crippen LogP contribution is 2.32. The molecule has 3 rings (SSSR count). The van der Waals surface area contributed by atoms with E-state index in [-0.39, 0.29) is 5.92 Å². The molecule has 0 saturated carbocycles. The van der Waals surface area contributed by atoms with E-state index in [9.17, 15) is 0 Å². The summed E-state index contributed by atoms with van der Waals surface area (Å²) >= 11 is 18.6. The fourth-order valence-corrected chi connectivity index (χ4v) is 3.07. The van der Waals surface area contributed by atoms with E-state index in [0.717, 1.165) is 16.1 Å². The van der Waals surface area contributed by atoms with Gasteiger partial charge >= 0.3 is 0 Å². The van der Waals surface area contributed by atoms with Gasteiger partial charge in [-0.2, -0.15) is 0 Å². The lowest BCUT2D eigenvalue weighted by Gasteiger charge is -2.15. The Morgan fingerprint density at radius 1 is 0.667 bits per heavy atom. The molecule has 0 spiro atoms. The molecule has 24 heavy (non-hydrogen) atoms. The normalized spacial score (nSPS) is 12.9. The van der Waals surface area contributed by atoms with Gasteiger partial charge < -0.3 is 0 Å². The Labute approximate surface area is 157 Å². The lowest BCUT2D eigenvalue weighted by atomic mass is 9.90. The Kier molecular flexibility index (Phi) is 5.63. The third kappa shape index (κ3) is 4.21. The number of benzene rings is 3. The number of allylic oxidation sites excluding steroid dienone is 1. The summed E-state index contributed by atoms with van der Waals surface area (Å²) in [6, 6.07) is 25.6. The smallest absolute Gasteiger partial charge is 0.0448 e. The van der Waals surface area contributed by atoms with Gasteiger partial charge in [0.1, 0.15) is 0 Å². The third-order valence-electron chi connectivity index (χ3n) is 3.82. The highest BCUT2D eigenvalue weighted by molar-refractivity contribution is 6.48. The largest absolute Gasteiger partial charge is 0.0843 e. The number of rotatable bonds is 4. The molecule has 0 N–H and O–H groups in total. The van der Waals surface area contributed by atoms with Crippen molar-refractivity contribution >= 4 is 39.8 Å². The number of hydrogen-bond acceptors (Lipinski definition) is 0. The molecule has 0 aliphatic heterocycles. The predicted molar refractivity (Wildman–Crippen MR) is 105 cm³/mol. The van der Waals surface area contributed by atoms with Crippen molar-refractivity contribution in [3.05, 3.63) is 112 Å². The summed E-state index contributed by atoms with van der Waals surface area (Å²) in [7, 11) is 0. The van der Waals surface area contributed by atoms with Crippen LogP contribution < -0.4 is 0 Å². The Balaban J connectivity index is 2.03. The van der Waals surface area contributed by atoms with Crippen LogP contribution in [0.15, 0.2) is 84.9 Å². The van der Waals surface area contributed by atoms with Gasteiger partial charge in [-0.25, -0.2) is 0 Å². The third-order valence-corrected chi connectivity index (χ3v) is 4.67. The topological polar surface area (TPSA) is 0 Å².